The van der Waals surface area contributed by atoms with Crippen molar-refractivity contribution in [3.63, 3.8) is 0 Å². The first kappa shape index (κ1) is 17.2. The van der Waals surface area contributed by atoms with E-state index in [1.165, 1.54) is 9.80 Å². The van der Waals surface area contributed by atoms with Crippen molar-refractivity contribution in [1.82, 2.24) is 0 Å². The predicted molar refractivity (Wildman–Crippen MR) is 101 cm³/mol. The van der Waals surface area contributed by atoms with Crippen LogP contribution in [0.25, 0.3) is 0 Å². The number of carbonyl (C=O) groups excluding carboxylic acids is 2. The molecule has 2 aliphatic heterocycles. The number of nitrogens with zero attached hydrogens (tertiary/aromatic N) is 2. The lowest BCUT2D eigenvalue weighted by molar-refractivity contribution is -0.915. The Bertz CT molecular complexity index is 821. The van der Waals surface area contributed by atoms with Gasteiger partial charge in [0.05, 0.1) is 18.3 Å². The van der Waals surface area contributed by atoms with Gasteiger partial charge in [-0.2, -0.15) is 0 Å². The minimum absolute atomic E-state index is 0.0807. The summed E-state index contributed by atoms with van der Waals surface area (Å²) in [4.78, 5) is 33.5. The Morgan fingerprint density at radius 3 is 2.58 bits per heavy atom. The smallest absolute Gasteiger partial charge is 0.292 e. The summed E-state index contributed by atoms with van der Waals surface area (Å²) >= 11 is 3.41. The van der Waals surface area contributed by atoms with Gasteiger partial charge < -0.3 is 4.90 Å². The van der Waals surface area contributed by atoms with Crippen molar-refractivity contribution >= 4 is 39.2 Å². The number of pyridine rings is 1. The maximum absolute atomic E-state index is 12.9. The Labute approximate surface area is 160 Å². The van der Waals surface area contributed by atoms with E-state index in [1.54, 1.807) is 6.07 Å². The van der Waals surface area contributed by atoms with Crippen molar-refractivity contribution in [3.05, 3.63) is 53.1 Å². The summed E-state index contributed by atoms with van der Waals surface area (Å²) in [5, 5.41) is 0. The number of benzene rings is 1. The SMILES string of the molecule is O=C1C[C@@H]([NH+]2CCN(c3cccc[nH+]3)CC2)C(=O)N1c1cccc(Br)c1. The number of quaternary nitrogens is 1. The van der Waals surface area contributed by atoms with Gasteiger partial charge in [0.2, 0.25) is 5.91 Å². The average Bonchev–Trinajstić information content (AvgIpc) is 2.97. The molecule has 7 heteroatoms. The molecule has 0 radical (unpaired) electrons. The third kappa shape index (κ3) is 3.24. The number of carbonyl (C=O) groups is 2. The number of nitrogens with one attached hydrogen (secondary N) is 2. The molecule has 0 unspecified atom stereocenters. The van der Waals surface area contributed by atoms with Crippen molar-refractivity contribution in [3.8, 4) is 0 Å². The van der Waals surface area contributed by atoms with Gasteiger partial charge >= 0.3 is 0 Å². The first-order chi connectivity index (χ1) is 12.6. The molecular formula is C19H21BrN4O2+2. The molecular weight excluding hydrogens is 396 g/mol. The second-order valence-corrected chi connectivity index (χ2v) is 7.61. The molecule has 2 amide bonds. The monoisotopic (exact) mass is 416 g/mol. The molecule has 2 fully saturated rings. The number of aromatic amines is 1. The number of anilines is 2. The van der Waals surface area contributed by atoms with Crippen LogP contribution >= 0.6 is 15.9 Å². The largest absolute Gasteiger partial charge is 0.318 e. The van der Waals surface area contributed by atoms with Gasteiger partial charge in [0.1, 0.15) is 26.2 Å². The molecule has 2 saturated heterocycles. The molecule has 0 spiro atoms. The number of hydrogen-bond acceptors (Lipinski definition) is 3. The van der Waals surface area contributed by atoms with Gasteiger partial charge in [-0.25, -0.2) is 9.88 Å². The maximum Gasteiger partial charge on any atom is 0.292 e. The lowest BCUT2D eigenvalue weighted by atomic mass is 10.1. The molecule has 26 heavy (non-hydrogen) atoms. The van der Waals surface area contributed by atoms with Crippen LogP contribution in [-0.2, 0) is 9.59 Å². The molecule has 2 N–H and O–H groups in total. The van der Waals surface area contributed by atoms with Crippen LogP contribution in [0.15, 0.2) is 53.1 Å². The Kier molecular flexibility index (Phi) is 4.74. The normalized spacial score (nSPS) is 21.5. The van der Waals surface area contributed by atoms with Gasteiger partial charge in [-0.3, -0.25) is 14.5 Å². The van der Waals surface area contributed by atoms with Crippen LogP contribution in [0.5, 0.6) is 0 Å². The summed E-state index contributed by atoms with van der Waals surface area (Å²) in [6.07, 6.45) is 2.21. The third-order valence-corrected chi connectivity index (χ3v) is 5.64. The Hall–Kier alpha value is -2.25. The molecule has 1 aromatic heterocycles. The zero-order chi connectivity index (χ0) is 18.1. The maximum atomic E-state index is 12.9. The molecule has 0 aliphatic carbocycles. The molecule has 1 aromatic carbocycles. The number of amides is 2. The van der Waals surface area contributed by atoms with Crippen molar-refractivity contribution in [2.45, 2.75) is 12.5 Å². The van der Waals surface area contributed by atoms with Gasteiger partial charge in [0.25, 0.3) is 11.7 Å². The highest BCUT2D eigenvalue weighted by molar-refractivity contribution is 9.10. The fourth-order valence-electron chi connectivity index (χ4n) is 3.80. The van der Waals surface area contributed by atoms with Crippen LogP contribution in [0, 0.1) is 0 Å². The molecule has 2 aliphatic rings. The lowest BCUT2D eigenvalue weighted by Gasteiger charge is -2.31. The minimum Gasteiger partial charge on any atom is -0.318 e. The molecule has 3 heterocycles. The minimum atomic E-state index is -0.275. The van der Waals surface area contributed by atoms with Crippen molar-refractivity contribution in [2.75, 3.05) is 36.0 Å². The number of halogens is 1. The number of rotatable bonds is 3. The number of H-pyrrole nitrogens is 1. The summed E-state index contributed by atoms with van der Waals surface area (Å²) in [6, 6.07) is 13.1. The van der Waals surface area contributed by atoms with E-state index in [1.807, 2.05) is 36.5 Å². The first-order valence-electron chi connectivity index (χ1n) is 8.82. The second kappa shape index (κ2) is 7.17. The number of hydrogen-bond donors (Lipinski definition) is 1. The first-order valence-corrected chi connectivity index (χ1v) is 9.61. The van der Waals surface area contributed by atoms with Crippen molar-refractivity contribution in [2.24, 2.45) is 0 Å². The number of imide groups is 1. The van der Waals surface area contributed by atoms with Crippen LogP contribution in [0.3, 0.4) is 0 Å². The standard InChI is InChI=1S/C19H19BrN4O2/c20-14-4-3-5-15(12-14)24-18(25)13-16(19(24)26)22-8-10-23(11-9-22)17-6-1-2-7-21-17/h1-7,12,16H,8-11,13H2/p+2/t16-/m1/s1. The van der Waals surface area contributed by atoms with E-state index >= 15 is 0 Å². The Morgan fingerprint density at radius 1 is 1.08 bits per heavy atom. The van der Waals surface area contributed by atoms with Crippen molar-refractivity contribution in [1.29, 1.82) is 0 Å². The number of piperazine rings is 1. The van der Waals surface area contributed by atoms with Crippen molar-refractivity contribution < 1.29 is 19.5 Å². The summed E-state index contributed by atoms with van der Waals surface area (Å²) < 4.78 is 0.860. The molecule has 0 bridgehead atoms. The zero-order valence-corrected chi connectivity index (χ0v) is 15.9. The van der Waals surface area contributed by atoms with E-state index in [2.05, 4.69) is 31.9 Å². The highest BCUT2D eigenvalue weighted by Crippen LogP contribution is 2.25. The third-order valence-electron chi connectivity index (χ3n) is 5.14. The van der Waals surface area contributed by atoms with Gasteiger partial charge in [0, 0.05) is 10.5 Å². The summed E-state index contributed by atoms with van der Waals surface area (Å²) in [5.41, 5.74) is 0.647. The molecule has 0 saturated carbocycles. The quantitative estimate of drug-likeness (QED) is 0.732. The van der Waals surface area contributed by atoms with Crippen LogP contribution in [-0.4, -0.2) is 44.0 Å². The highest BCUT2D eigenvalue weighted by atomic mass is 79.9. The lowest BCUT2D eigenvalue weighted by Crippen LogP contribution is -3.19. The molecule has 134 valence electrons. The van der Waals surface area contributed by atoms with E-state index < -0.39 is 0 Å². The van der Waals surface area contributed by atoms with Crippen LogP contribution in [0.2, 0.25) is 0 Å². The van der Waals surface area contributed by atoms with Gasteiger partial charge in [-0.1, -0.05) is 28.1 Å². The summed E-state index contributed by atoms with van der Waals surface area (Å²) in [6.45, 7) is 3.42. The van der Waals surface area contributed by atoms with E-state index in [0.29, 0.717) is 5.69 Å². The van der Waals surface area contributed by atoms with Crippen LogP contribution < -0.4 is 19.7 Å². The van der Waals surface area contributed by atoms with Gasteiger partial charge in [0.15, 0.2) is 6.04 Å². The fourth-order valence-corrected chi connectivity index (χ4v) is 4.19. The summed E-state index contributed by atoms with van der Waals surface area (Å²) in [7, 11) is 0. The van der Waals surface area contributed by atoms with E-state index in [-0.39, 0.29) is 24.3 Å². The van der Waals surface area contributed by atoms with E-state index in [0.717, 1.165) is 36.5 Å². The zero-order valence-electron chi connectivity index (χ0n) is 14.3. The van der Waals surface area contributed by atoms with Gasteiger partial charge in [-0.15, -0.1) is 0 Å². The Morgan fingerprint density at radius 2 is 1.88 bits per heavy atom. The molecule has 6 nitrogen and oxygen atoms in total. The van der Waals surface area contributed by atoms with Gasteiger partial charge in [-0.05, 0) is 24.3 Å². The second-order valence-electron chi connectivity index (χ2n) is 6.70. The summed E-state index contributed by atoms with van der Waals surface area (Å²) in [5.74, 6) is 0.906. The molecule has 4 rings (SSSR count). The average molecular weight is 417 g/mol. The highest BCUT2D eigenvalue weighted by Gasteiger charge is 2.47. The Balaban J connectivity index is 1.45. The fraction of sp³-hybridized carbons (Fsp3) is 0.316. The predicted octanol–water partition coefficient (Wildman–Crippen LogP) is 0.300. The molecule has 2 aromatic rings. The van der Waals surface area contributed by atoms with Crippen LogP contribution in [0.1, 0.15) is 6.42 Å². The van der Waals surface area contributed by atoms with E-state index in [4.69, 9.17) is 0 Å². The van der Waals surface area contributed by atoms with E-state index in [9.17, 15) is 9.59 Å². The topological polar surface area (TPSA) is 59.2 Å². The molecule has 1 atom stereocenters. The van der Waals surface area contributed by atoms with Crippen LogP contribution in [0.4, 0.5) is 11.5 Å². The number of aromatic nitrogens is 1.